The van der Waals surface area contributed by atoms with Crippen LogP contribution in [0.25, 0.3) is 0 Å². The van der Waals surface area contributed by atoms with Gasteiger partial charge in [-0.2, -0.15) is 0 Å². The first-order valence-electron chi connectivity index (χ1n) is 6.06. The first-order valence-corrected chi connectivity index (χ1v) is 6.06. The molecule has 2 aromatic rings. The Morgan fingerprint density at radius 3 is 2.53 bits per heavy atom. The Kier molecular flexibility index (Phi) is 4.50. The first-order chi connectivity index (χ1) is 9.25. The van der Waals surface area contributed by atoms with E-state index >= 15 is 0 Å². The molecule has 1 unspecified atom stereocenters. The highest BCUT2D eigenvalue weighted by Crippen LogP contribution is 2.19. The second-order valence-corrected chi connectivity index (χ2v) is 4.17. The van der Waals surface area contributed by atoms with Crippen LogP contribution in [0.1, 0.15) is 18.0 Å². The summed E-state index contributed by atoms with van der Waals surface area (Å²) in [4.78, 5) is 15.1. The summed E-state index contributed by atoms with van der Waals surface area (Å²) in [7, 11) is 0. The lowest BCUT2D eigenvalue weighted by Crippen LogP contribution is -2.15. The molecule has 1 atom stereocenters. The molecular weight excluding hydrogens is 242 g/mol. The van der Waals surface area contributed by atoms with E-state index in [0.717, 1.165) is 11.4 Å². The van der Waals surface area contributed by atoms with Crippen LogP contribution in [0.4, 0.5) is 0 Å². The molecule has 1 aromatic heterocycles. The van der Waals surface area contributed by atoms with Gasteiger partial charge in [0.1, 0.15) is 5.75 Å². The fraction of sp³-hybridized carbons (Fsp3) is 0.200. The van der Waals surface area contributed by atoms with E-state index in [2.05, 4.69) is 4.98 Å². The number of benzene rings is 1. The second-order valence-electron chi connectivity index (χ2n) is 4.17. The molecule has 0 fully saturated rings. The first kappa shape index (κ1) is 13.1. The van der Waals surface area contributed by atoms with Gasteiger partial charge in [0.05, 0.1) is 13.0 Å². The summed E-state index contributed by atoms with van der Waals surface area (Å²) >= 11 is 0. The van der Waals surface area contributed by atoms with Gasteiger partial charge in [-0.25, -0.2) is 0 Å². The Morgan fingerprint density at radius 2 is 1.89 bits per heavy atom. The van der Waals surface area contributed by atoms with Crippen LogP contribution in [0.3, 0.4) is 0 Å². The Bertz CT molecular complexity index is 513. The molecular formula is C15H15NO3. The molecule has 0 saturated heterocycles. The number of carboxylic acids is 1. The minimum absolute atomic E-state index is 0.00382. The van der Waals surface area contributed by atoms with Crippen molar-refractivity contribution in [2.75, 3.05) is 6.61 Å². The largest absolute Gasteiger partial charge is 0.493 e. The van der Waals surface area contributed by atoms with E-state index in [1.807, 2.05) is 42.5 Å². The highest BCUT2D eigenvalue weighted by molar-refractivity contribution is 5.67. The number of aliphatic carboxylic acids is 1. The number of nitrogens with zero attached hydrogens (tertiary/aromatic N) is 1. The van der Waals surface area contributed by atoms with Crippen molar-refractivity contribution in [2.24, 2.45) is 0 Å². The van der Waals surface area contributed by atoms with E-state index in [9.17, 15) is 4.79 Å². The fourth-order valence-corrected chi connectivity index (χ4v) is 1.79. The number of ether oxygens (including phenoxy) is 1. The SMILES string of the molecule is O=C(O)CC(COc1ccccc1)c1ccccn1. The summed E-state index contributed by atoms with van der Waals surface area (Å²) in [6.45, 7) is 0.299. The summed E-state index contributed by atoms with van der Waals surface area (Å²) in [6.07, 6.45) is 1.66. The number of carboxylic acid groups (broad SMARTS) is 1. The molecule has 0 saturated carbocycles. The Labute approximate surface area is 111 Å². The summed E-state index contributed by atoms with van der Waals surface area (Å²) < 4.78 is 5.62. The average Bonchev–Trinajstić information content (AvgIpc) is 2.45. The van der Waals surface area contributed by atoms with Crippen LogP contribution < -0.4 is 4.74 Å². The Morgan fingerprint density at radius 1 is 1.16 bits per heavy atom. The molecule has 2 rings (SSSR count). The van der Waals surface area contributed by atoms with Crippen LogP contribution in [-0.2, 0) is 4.79 Å². The van der Waals surface area contributed by atoms with Gasteiger partial charge < -0.3 is 9.84 Å². The standard InChI is InChI=1S/C15H15NO3/c17-15(18)10-12(14-8-4-5-9-16-14)11-19-13-6-2-1-3-7-13/h1-9,12H,10-11H2,(H,17,18). The van der Waals surface area contributed by atoms with Gasteiger partial charge in [0.25, 0.3) is 0 Å². The normalized spacial score (nSPS) is 11.8. The van der Waals surface area contributed by atoms with Crippen molar-refractivity contribution in [1.29, 1.82) is 0 Å². The van der Waals surface area contributed by atoms with Gasteiger partial charge in [0, 0.05) is 17.8 Å². The lowest BCUT2D eigenvalue weighted by Gasteiger charge is -2.15. The molecule has 1 heterocycles. The summed E-state index contributed by atoms with van der Waals surface area (Å²) in [6, 6.07) is 14.8. The lowest BCUT2D eigenvalue weighted by molar-refractivity contribution is -0.137. The maximum atomic E-state index is 10.9. The molecule has 1 N–H and O–H groups in total. The van der Waals surface area contributed by atoms with Crippen LogP contribution in [-0.4, -0.2) is 22.7 Å². The number of aromatic nitrogens is 1. The number of para-hydroxylation sites is 1. The molecule has 0 aliphatic rings. The predicted molar refractivity (Wildman–Crippen MR) is 71.2 cm³/mol. The van der Waals surface area contributed by atoms with E-state index < -0.39 is 5.97 Å². The van der Waals surface area contributed by atoms with Crippen molar-refractivity contribution in [3.63, 3.8) is 0 Å². The fourth-order valence-electron chi connectivity index (χ4n) is 1.79. The molecule has 19 heavy (non-hydrogen) atoms. The van der Waals surface area contributed by atoms with E-state index in [0.29, 0.717) is 6.61 Å². The van der Waals surface area contributed by atoms with Gasteiger partial charge in [0.2, 0.25) is 0 Å². The smallest absolute Gasteiger partial charge is 0.304 e. The van der Waals surface area contributed by atoms with Gasteiger partial charge in [-0.15, -0.1) is 0 Å². The summed E-state index contributed by atoms with van der Waals surface area (Å²) in [5.74, 6) is -0.375. The topological polar surface area (TPSA) is 59.4 Å². The third kappa shape index (κ3) is 4.10. The number of hydrogen-bond acceptors (Lipinski definition) is 3. The number of pyridine rings is 1. The van der Waals surface area contributed by atoms with Crippen LogP contribution in [0, 0.1) is 0 Å². The van der Waals surface area contributed by atoms with Crippen molar-refractivity contribution in [3.05, 3.63) is 60.4 Å². The number of hydrogen-bond donors (Lipinski definition) is 1. The Hall–Kier alpha value is -2.36. The van der Waals surface area contributed by atoms with Gasteiger partial charge in [-0.3, -0.25) is 9.78 Å². The summed E-state index contributed by atoms with van der Waals surface area (Å²) in [5.41, 5.74) is 0.737. The van der Waals surface area contributed by atoms with E-state index in [4.69, 9.17) is 9.84 Å². The highest BCUT2D eigenvalue weighted by atomic mass is 16.5. The lowest BCUT2D eigenvalue weighted by atomic mass is 10.0. The monoisotopic (exact) mass is 257 g/mol. The van der Waals surface area contributed by atoms with Crippen LogP contribution >= 0.6 is 0 Å². The zero-order valence-corrected chi connectivity index (χ0v) is 10.4. The van der Waals surface area contributed by atoms with E-state index in [-0.39, 0.29) is 12.3 Å². The molecule has 0 amide bonds. The van der Waals surface area contributed by atoms with E-state index in [1.54, 1.807) is 12.3 Å². The van der Waals surface area contributed by atoms with Crippen LogP contribution in [0.5, 0.6) is 5.75 Å². The van der Waals surface area contributed by atoms with E-state index in [1.165, 1.54) is 0 Å². The van der Waals surface area contributed by atoms with Gasteiger partial charge in [-0.05, 0) is 24.3 Å². The maximum Gasteiger partial charge on any atom is 0.304 e. The van der Waals surface area contributed by atoms with Crippen molar-refractivity contribution < 1.29 is 14.6 Å². The van der Waals surface area contributed by atoms with Gasteiger partial charge in [0.15, 0.2) is 0 Å². The third-order valence-electron chi connectivity index (χ3n) is 2.72. The zero-order valence-electron chi connectivity index (χ0n) is 10.4. The molecule has 4 nitrogen and oxygen atoms in total. The molecule has 4 heteroatoms. The highest BCUT2D eigenvalue weighted by Gasteiger charge is 2.17. The Balaban J connectivity index is 2.04. The molecule has 98 valence electrons. The molecule has 0 spiro atoms. The molecule has 1 aromatic carbocycles. The molecule has 0 aliphatic heterocycles. The van der Waals surface area contributed by atoms with Crippen LogP contribution in [0.15, 0.2) is 54.7 Å². The van der Waals surface area contributed by atoms with Crippen molar-refractivity contribution >= 4 is 5.97 Å². The van der Waals surface area contributed by atoms with Crippen molar-refractivity contribution in [2.45, 2.75) is 12.3 Å². The quantitative estimate of drug-likeness (QED) is 0.864. The molecule has 0 radical (unpaired) electrons. The van der Waals surface area contributed by atoms with Gasteiger partial charge in [-0.1, -0.05) is 24.3 Å². The minimum Gasteiger partial charge on any atom is -0.493 e. The minimum atomic E-state index is -0.854. The zero-order chi connectivity index (χ0) is 13.5. The predicted octanol–water partition coefficient (Wildman–Crippen LogP) is 2.72. The number of carbonyl (C=O) groups is 1. The second kappa shape index (κ2) is 6.54. The van der Waals surface area contributed by atoms with Crippen LogP contribution in [0.2, 0.25) is 0 Å². The summed E-state index contributed by atoms with van der Waals surface area (Å²) in [5, 5.41) is 8.96. The maximum absolute atomic E-state index is 10.9. The van der Waals surface area contributed by atoms with Gasteiger partial charge >= 0.3 is 5.97 Å². The third-order valence-corrected chi connectivity index (χ3v) is 2.72. The van der Waals surface area contributed by atoms with Crippen molar-refractivity contribution in [1.82, 2.24) is 4.98 Å². The molecule has 0 bridgehead atoms. The van der Waals surface area contributed by atoms with Crippen molar-refractivity contribution in [3.8, 4) is 5.75 Å². The molecule has 0 aliphatic carbocycles. The average molecular weight is 257 g/mol. The number of rotatable bonds is 6.